The largest absolute Gasteiger partial charge is 0.481 e. The molecule has 0 aliphatic carbocycles. The Bertz CT molecular complexity index is 119. The van der Waals surface area contributed by atoms with E-state index in [9.17, 15) is 4.79 Å². The van der Waals surface area contributed by atoms with Crippen LogP contribution in [0.1, 0.15) is 19.8 Å². The van der Waals surface area contributed by atoms with Gasteiger partial charge in [0.2, 0.25) is 0 Å². The zero-order valence-corrected chi connectivity index (χ0v) is 7.56. The van der Waals surface area contributed by atoms with E-state index in [4.69, 9.17) is 10.8 Å². The van der Waals surface area contributed by atoms with Crippen LogP contribution in [0.2, 0.25) is 0 Å². The Morgan fingerprint density at radius 2 is 2.36 bits per heavy atom. The molecule has 0 radical (unpaired) electrons. The predicted molar refractivity (Wildman–Crippen MR) is 47.8 cm³/mol. The lowest BCUT2D eigenvalue weighted by molar-refractivity contribution is -0.137. The highest BCUT2D eigenvalue weighted by Crippen LogP contribution is 2.10. The molecule has 4 heteroatoms. The van der Waals surface area contributed by atoms with Gasteiger partial charge in [-0.1, -0.05) is 6.92 Å². The molecule has 0 fully saturated rings. The molecule has 1 atom stereocenters. The number of thioether (sulfide) groups is 1. The SMILES string of the molecule is CC(CN)SCCCC(=O)O. The maximum atomic E-state index is 10.1. The Hall–Kier alpha value is -0.220. The second kappa shape index (κ2) is 6.49. The van der Waals surface area contributed by atoms with Gasteiger partial charge in [0.25, 0.3) is 0 Å². The summed E-state index contributed by atoms with van der Waals surface area (Å²) >= 11 is 1.73. The molecule has 0 amide bonds. The van der Waals surface area contributed by atoms with E-state index in [2.05, 4.69) is 0 Å². The van der Waals surface area contributed by atoms with Crippen LogP contribution in [0, 0.1) is 0 Å². The average molecular weight is 177 g/mol. The normalized spacial score (nSPS) is 12.9. The fourth-order valence-electron chi connectivity index (χ4n) is 0.576. The Kier molecular flexibility index (Phi) is 6.36. The zero-order valence-electron chi connectivity index (χ0n) is 6.75. The second-order valence-electron chi connectivity index (χ2n) is 2.41. The quantitative estimate of drug-likeness (QED) is 0.592. The molecule has 0 aliphatic rings. The Balaban J connectivity index is 3.08. The first-order valence-electron chi connectivity index (χ1n) is 3.70. The molecule has 0 aromatic carbocycles. The summed E-state index contributed by atoms with van der Waals surface area (Å²) in [5.74, 6) is 0.177. The van der Waals surface area contributed by atoms with Gasteiger partial charge in [0.15, 0.2) is 0 Å². The van der Waals surface area contributed by atoms with Crippen molar-refractivity contribution in [3.8, 4) is 0 Å². The van der Waals surface area contributed by atoms with Crippen molar-refractivity contribution in [1.82, 2.24) is 0 Å². The summed E-state index contributed by atoms with van der Waals surface area (Å²) in [5, 5.41) is 8.75. The minimum atomic E-state index is -0.717. The van der Waals surface area contributed by atoms with E-state index >= 15 is 0 Å². The van der Waals surface area contributed by atoms with Gasteiger partial charge >= 0.3 is 5.97 Å². The molecule has 3 N–H and O–H groups in total. The summed E-state index contributed by atoms with van der Waals surface area (Å²) in [5.41, 5.74) is 5.38. The van der Waals surface area contributed by atoms with Gasteiger partial charge in [-0.3, -0.25) is 4.79 Å². The van der Waals surface area contributed by atoms with Crippen LogP contribution >= 0.6 is 11.8 Å². The standard InChI is InChI=1S/C7H15NO2S/c1-6(5-8)11-4-2-3-7(9)10/h6H,2-5,8H2,1H3,(H,9,10). The van der Waals surface area contributed by atoms with Crippen LogP contribution in [0.4, 0.5) is 0 Å². The monoisotopic (exact) mass is 177 g/mol. The van der Waals surface area contributed by atoms with E-state index in [1.54, 1.807) is 11.8 Å². The molecule has 0 aliphatic heterocycles. The molecule has 3 nitrogen and oxygen atoms in total. The van der Waals surface area contributed by atoms with E-state index in [0.717, 1.165) is 12.2 Å². The molecule has 11 heavy (non-hydrogen) atoms. The fraction of sp³-hybridized carbons (Fsp3) is 0.857. The molecular weight excluding hydrogens is 162 g/mol. The van der Waals surface area contributed by atoms with Crippen molar-refractivity contribution in [2.45, 2.75) is 25.0 Å². The number of aliphatic carboxylic acids is 1. The summed E-state index contributed by atoms with van der Waals surface area (Å²) < 4.78 is 0. The van der Waals surface area contributed by atoms with Gasteiger partial charge in [0.05, 0.1) is 0 Å². The molecule has 0 spiro atoms. The first-order chi connectivity index (χ1) is 5.16. The van der Waals surface area contributed by atoms with E-state index < -0.39 is 5.97 Å². The third kappa shape index (κ3) is 7.68. The zero-order chi connectivity index (χ0) is 8.69. The van der Waals surface area contributed by atoms with Gasteiger partial charge in [0.1, 0.15) is 0 Å². The number of nitrogens with two attached hydrogens (primary N) is 1. The van der Waals surface area contributed by atoms with Crippen molar-refractivity contribution in [2.75, 3.05) is 12.3 Å². The topological polar surface area (TPSA) is 63.3 Å². The summed E-state index contributed by atoms with van der Waals surface area (Å²) in [7, 11) is 0. The van der Waals surface area contributed by atoms with Gasteiger partial charge in [-0.15, -0.1) is 0 Å². The van der Waals surface area contributed by atoms with Gasteiger partial charge in [-0.25, -0.2) is 0 Å². The number of hydrogen-bond donors (Lipinski definition) is 2. The van der Waals surface area contributed by atoms with Crippen molar-refractivity contribution in [3.05, 3.63) is 0 Å². The van der Waals surface area contributed by atoms with Gasteiger partial charge < -0.3 is 10.8 Å². The molecule has 0 saturated carbocycles. The fourth-order valence-corrected chi connectivity index (χ4v) is 1.43. The minimum Gasteiger partial charge on any atom is -0.481 e. The number of carboxylic acids is 1. The first-order valence-corrected chi connectivity index (χ1v) is 4.75. The third-order valence-electron chi connectivity index (χ3n) is 1.27. The van der Waals surface area contributed by atoms with Crippen LogP contribution in [0.25, 0.3) is 0 Å². The van der Waals surface area contributed by atoms with Crippen LogP contribution in [0.15, 0.2) is 0 Å². The summed E-state index contributed by atoms with van der Waals surface area (Å²) in [6.07, 6.45) is 1.01. The van der Waals surface area contributed by atoms with Crippen molar-refractivity contribution < 1.29 is 9.90 Å². The molecule has 0 rings (SSSR count). The van der Waals surface area contributed by atoms with Crippen LogP contribution in [0.3, 0.4) is 0 Å². The highest BCUT2D eigenvalue weighted by atomic mass is 32.2. The van der Waals surface area contributed by atoms with Crippen LogP contribution in [-0.2, 0) is 4.79 Å². The molecule has 0 aromatic rings. The molecule has 0 saturated heterocycles. The molecule has 0 aromatic heterocycles. The highest BCUT2D eigenvalue weighted by Gasteiger charge is 2.00. The molecule has 66 valence electrons. The first kappa shape index (κ1) is 10.8. The van der Waals surface area contributed by atoms with E-state index in [0.29, 0.717) is 11.8 Å². The van der Waals surface area contributed by atoms with Crippen LogP contribution in [-0.4, -0.2) is 28.6 Å². The Morgan fingerprint density at radius 3 is 2.82 bits per heavy atom. The van der Waals surface area contributed by atoms with Crippen LogP contribution in [0.5, 0.6) is 0 Å². The highest BCUT2D eigenvalue weighted by molar-refractivity contribution is 7.99. The summed E-state index contributed by atoms with van der Waals surface area (Å²) in [6, 6.07) is 0. The predicted octanol–water partition coefficient (Wildman–Crippen LogP) is 0.932. The van der Waals surface area contributed by atoms with Gasteiger partial charge in [0, 0.05) is 18.2 Å². The molecule has 0 bridgehead atoms. The maximum Gasteiger partial charge on any atom is 0.303 e. The number of rotatable bonds is 6. The van der Waals surface area contributed by atoms with Crippen LogP contribution < -0.4 is 5.73 Å². The second-order valence-corrected chi connectivity index (χ2v) is 3.96. The van der Waals surface area contributed by atoms with Crippen molar-refractivity contribution in [1.29, 1.82) is 0 Å². The number of carboxylic acid groups (broad SMARTS) is 1. The van der Waals surface area contributed by atoms with E-state index in [-0.39, 0.29) is 6.42 Å². The average Bonchev–Trinajstić information content (AvgIpc) is 1.97. The summed E-state index contributed by atoms with van der Waals surface area (Å²) in [4.78, 5) is 10.1. The lowest BCUT2D eigenvalue weighted by atomic mass is 10.3. The van der Waals surface area contributed by atoms with Gasteiger partial charge in [-0.05, 0) is 12.2 Å². The van der Waals surface area contributed by atoms with Gasteiger partial charge in [-0.2, -0.15) is 11.8 Å². The maximum absolute atomic E-state index is 10.1. The Morgan fingerprint density at radius 1 is 1.73 bits per heavy atom. The van der Waals surface area contributed by atoms with E-state index in [1.807, 2.05) is 6.92 Å². The Labute approximate surface area is 71.3 Å². The minimum absolute atomic E-state index is 0.268. The van der Waals surface area contributed by atoms with E-state index in [1.165, 1.54) is 0 Å². The molecule has 1 unspecified atom stereocenters. The number of hydrogen-bond acceptors (Lipinski definition) is 3. The van der Waals surface area contributed by atoms with Crippen molar-refractivity contribution in [2.24, 2.45) is 5.73 Å². The smallest absolute Gasteiger partial charge is 0.303 e. The molecular formula is C7H15NO2S. The van der Waals surface area contributed by atoms with Crippen molar-refractivity contribution in [3.63, 3.8) is 0 Å². The summed E-state index contributed by atoms with van der Waals surface area (Å²) in [6.45, 7) is 2.71. The number of carbonyl (C=O) groups is 1. The lowest BCUT2D eigenvalue weighted by Gasteiger charge is -2.05. The third-order valence-corrected chi connectivity index (χ3v) is 2.56. The molecule has 0 heterocycles. The van der Waals surface area contributed by atoms with Crippen molar-refractivity contribution >= 4 is 17.7 Å². The lowest BCUT2D eigenvalue weighted by Crippen LogP contribution is -2.13.